The summed E-state index contributed by atoms with van der Waals surface area (Å²) in [7, 11) is 1.67. The second-order valence-corrected chi connectivity index (χ2v) is 5.11. The third-order valence-corrected chi connectivity index (χ3v) is 3.63. The molecule has 1 aliphatic heterocycles. The summed E-state index contributed by atoms with van der Waals surface area (Å²) in [5.74, 6) is 0. The van der Waals surface area contributed by atoms with Crippen LogP contribution in [0.15, 0.2) is 12.7 Å². The van der Waals surface area contributed by atoms with Gasteiger partial charge in [0.15, 0.2) is 0 Å². The van der Waals surface area contributed by atoms with Crippen molar-refractivity contribution in [3.8, 4) is 6.01 Å². The summed E-state index contributed by atoms with van der Waals surface area (Å²) in [5.41, 5.74) is 0. The molecular weight excluding hydrogens is 292 g/mol. The van der Waals surface area contributed by atoms with E-state index in [1.54, 1.807) is 13.1 Å². The van der Waals surface area contributed by atoms with Crippen molar-refractivity contribution >= 4 is 23.7 Å². The number of thiocarbonyl (C=S) groups is 1. The maximum Gasteiger partial charge on any atom is 0.342 e. The number of hydrogen-bond acceptors (Lipinski definition) is 7. The Labute approximate surface area is 128 Å². The number of aldehydes is 1. The minimum atomic E-state index is -0.0587. The molecule has 0 aliphatic carbocycles. The van der Waals surface area contributed by atoms with E-state index in [1.807, 2.05) is 4.90 Å². The van der Waals surface area contributed by atoms with Crippen LogP contribution in [0.2, 0.25) is 0 Å². The topological polar surface area (TPSA) is 76.4 Å². The molecule has 9 heteroatoms. The largest absolute Gasteiger partial charge is 0.396 e. The highest BCUT2D eigenvalue weighted by atomic mass is 32.1. The van der Waals surface area contributed by atoms with Crippen LogP contribution in [-0.4, -0.2) is 67.3 Å². The number of tetrazole rings is 1. The molecule has 0 saturated carbocycles. The quantitative estimate of drug-likeness (QED) is 0.412. The van der Waals surface area contributed by atoms with Gasteiger partial charge in [-0.3, -0.25) is 4.90 Å². The van der Waals surface area contributed by atoms with Crippen LogP contribution >= 0.6 is 12.2 Å². The van der Waals surface area contributed by atoms with E-state index in [1.165, 1.54) is 4.68 Å². The number of likely N-dealkylation sites (tertiary alicyclic amines) is 1. The van der Waals surface area contributed by atoms with E-state index in [-0.39, 0.29) is 17.2 Å². The van der Waals surface area contributed by atoms with Crippen molar-refractivity contribution in [1.29, 1.82) is 0 Å². The number of rotatable bonds is 6. The molecule has 0 unspecified atom stereocenters. The first-order chi connectivity index (χ1) is 10.2. The maximum atomic E-state index is 11.1. The second kappa shape index (κ2) is 7.23. The second-order valence-electron chi connectivity index (χ2n) is 4.76. The van der Waals surface area contributed by atoms with Gasteiger partial charge in [-0.1, -0.05) is 11.2 Å². The van der Waals surface area contributed by atoms with Crippen LogP contribution in [0.25, 0.3) is 0 Å². The molecule has 0 spiro atoms. The lowest BCUT2D eigenvalue weighted by Crippen LogP contribution is -2.45. The molecule has 2 heterocycles. The standard InChI is InChI=1S/C12H18N6O2S/c1-3-6-18(9-17-7-4-5-10(17)8-19)12(21)20-11-13-14-15-16(11)2/h3,8,10H,1,4-7,9H2,2H3/t10-/m1/s1. The Balaban J connectivity index is 2.00. The molecule has 0 amide bonds. The van der Waals surface area contributed by atoms with Gasteiger partial charge in [0.25, 0.3) is 5.17 Å². The first-order valence-corrected chi connectivity index (χ1v) is 7.06. The lowest BCUT2D eigenvalue weighted by molar-refractivity contribution is -0.111. The van der Waals surface area contributed by atoms with Gasteiger partial charge >= 0.3 is 6.01 Å². The Hall–Kier alpha value is -1.87. The number of carbonyl (C=O) groups excluding carboxylic acids is 1. The van der Waals surface area contributed by atoms with Crippen molar-refractivity contribution in [2.75, 3.05) is 19.8 Å². The van der Waals surface area contributed by atoms with Gasteiger partial charge in [0.1, 0.15) is 6.29 Å². The summed E-state index contributed by atoms with van der Waals surface area (Å²) in [4.78, 5) is 14.9. The monoisotopic (exact) mass is 310 g/mol. The molecule has 21 heavy (non-hydrogen) atoms. The number of hydrogen-bond donors (Lipinski definition) is 0. The zero-order valence-corrected chi connectivity index (χ0v) is 12.7. The molecule has 8 nitrogen and oxygen atoms in total. The molecule has 1 aromatic heterocycles. The summed E-state index contributed by atoms with van der Waals surface area (Å²) in [5, 5.41) is 11.2. The van der Waals surface area contributed by atoms with E-state index in [0.29, 0.717) is 13.2 Å². The predicted octanol–water partition coefficient (Wildman–Crippen LogP) is -0.0174. The van der Waals surface area contributed by atoms with E-state index in [4.69, 9.17) is 17.0 Å². The minimum absolute atomic E-state index is 0.0587. The molecule has 0 bridgehead atoms. The number of nitrogens with zero attached hydrogens (tertiary/aromatic N) is 6. The molecular formula is C12H18N6O2S. The fourth-order valence-corrected chi connectivity index (χ4v) is 2.40. The summed E-state index contributed by atoms with van der Waals surface area (Å²) in [6.45, 7) is 5.62. The van der Waals surface area contributed by atoms with E-state index < -0.39 is 0 Å². The lowest BCUT2D eigenvalue weighted by Gasteiger charge is -2.29. The average molecular weight is 310 g/mol. The van der Waals surface area contributed by atoms with E-state index in [0.717, 1.165) is 25.7 Å². The maximum absolute atomic E-state index is 11.1. The van der Waals surface area contributed by atoms with Crippen LogP contribution in [0.1, 0.15) is 12.8 Å². The zero-order chi connectivity index (χ0) is 15.2. The summed E-state index contributed by atoms with van der Waals surface area (Å²) in [6, 6.07) is 0.166. The molecule has 2 rings (SSSR count). The van der Waals surface area contributed by atoms with Crippen LogP contribution in [0.4, 0.5) is 0 Å². The Bertz CT molecular complexity index is 520. The Morgan fingerprint density at radius 1 is 1.67 bits per heavy atom. The van der Waals surface area contributed by atoms with Crippen molar-refractivity contribution in [1.82, 2.24) is 30.0 Å². The number of aromatic nitrogens is 4. The van der Waals surface area contributed by atoms with Gasteiger partial charge in [0.05, 0.1) is 12.7 Å². The molecule has 0 aromatic carbocycles. The first kappa shape index (κ1) is 15.5. The SMILES string of the molecule is C=CCN(CN1CCC[C@@H]1C=O)C(=S)Oc1nnnn1C. The number of carbonyl (C=O) groups is 1. The van der Waals surface area contributed by atoms with Crippen LogP contribution in [0.5, 0.6) is 6.01 Å². The van der Waals surface area contributed by atoms with Gasteiger partial charge in [0, 0.05) is 20.1 Å². The fraction of sp³-hybridized carbons (Fsp3) is 0.583. The van der Waals surface area contributed by atoms with Gasteiger partial charge in [-0.25, -0.2) is 0 Å². The van der Waals surface area contributed by atoms with Crippen molar-refractivity contribution in [2.24, 2.45) is 7.05 Å². The van der Waals surface area contributed by atoms with Crippen LogP contribution in [-0.2, 0) is 11.8 Å². The molecule has 0 radical (unpaired) electrons. The summed E-state index contributed by atoms with van der Waals surface area (Å²) < 4.78 is 6.89. The smallest absolute Gasteiger partial charge is 0.342 e. The highest BCUT2D eigenvalue weighted by molar-refractivity contribution is 7.80. The summed E-state index contributed by atoms with van der Waals surface area (Å²) >= 11 is 5.29. The van der Waals surface area contributed by atoms with E-state index >= 15 is 0 Å². The molecule has 1 atom stereocenters. The van der Waals surface area contributed by atoms with Crippen LogP contribution < -0.4 is 4.74 Å². The number of ether oxygens (including phenoxy) is 1. The van der Waals surface area contributed by atoms with Gasteiger partial charge < -0.3 is 14.4 Å². The van der Waals surface area contributed by atoms with Crippen LogP contribution in [0.3, 0.4) is 0 Å². The van der Waals surface area contributed by atoms with Crippen molar-refractivity contribution in [3.05, 3.63) is 12.7 Å². The molecule has 114 valence electrons. The lowest BCUT2D eigenvalue weighted by atomic mass is 10.2. The van der Waals surface area contributed by atoms with Crippen molar-refractivity contribution in [3.63, 3.8) is 0 Å². The third kappa shape index (κ3) is 3.82. The zero-order valence-electron chi connectivity index (χ0n) is 11.9. The molecule has 1 fully saturated rings. The van der Waals surface area contributed by atoms with Gasteiger partial charge in [0.2, 0.25) is 0 Å². The van der Waals surface area contributed by atoms with Crippen LogP contribution in [0, 0.1) is 0 Å². The van der Waals surface area contributed by atoms with E-state index in [2.05, 4.69) is 27.0 Å². The molecule has 1 aliphatic rings. The van der Waals surface area contributed by atoms with Gasteiger partial charge in [-0.2, -0.15) is 4.68 Å². The highest BCUT2D eigenvalue weighted by Gasteiger charge is 2.26. The molecule has 1 aromatic rings. The first-order valence-electron chi connectivity index (χ1n) is 6.65. The van der Waals surface area contributed by atoms with Crippen molar-refractivity contribution in [2.45, 2.75) is 18.9 Å². The van der Waals surface area contributed by atoms with E-state index in [9.17, 15) is 4.79 Å². The Morgan fingerprint density at radius 2 is 2.48 bits per heavy atom. The predicted molar refractivity (Wildman–Crippen MR) is 79.6 cm³/mol. The average Bonchev–Trinajstić information content (AvgIpc) is 3.08. The highest BCUT2D eigenvalue weighted by Crippen LogP contribution is 2.16. The Kier molecular flexibility index (Phi) is 5.34. The van der Waals surface area contributed by atoms with Gasteiger partial charge in [-0.05, 0) is 35.5 Å². The van der Waals surface area contributed by atoms with Gasteiger partial charge in [-0.15, -0.1) is 6.58 Å². The normalized spacial score (nSPS) is 18.4. The fourth-order valence-electron chi connectivity index (χ4n) is 2.20. The minimum Gasteiger partial charge on any atom is -0.396 e. The molecule has 0 N–H and O–H groups in total. The Morgan fingerprint density at radius 3 is 3.10 bits per heavy atom. The third-order valence-electron chi connectivity index (χ3n) is 3.29. The number of aryl methyl sites for hydroxylation is 1. The van der Waals surface area contributed by atoms with Crippen molar-refractivity contribution < 1.29 is 9.53 Å². The summed E-state index contributed by atoms with van der Waals surface area (Å²) in [6.07, 6.45) is 4.60. The molecule has 1 saturated heterocycles.